The maximum Gasteiger partial charge on any atom is 0.412 e. The number of carbonyl (C=O) groups excluding carboxylic acids is 1. The van der Waals surface area contributed by atoms with Gasteiger partial charge in [-0.05, 0) is 19.3 Å². The van der Waals surface area contributed by atoms with Crippen molar-refractivity contribution in [1.29, 1.82) is 0 Å². The van der Waals surface area contributed by atoms with Gasteiger partial charge in [-0.15, -0.1) is 0 Å². The molecule has 0 spiro atoms. The van der Waals surface area contributed by atoms with Gasteiger partial charge in [-0.1, -0.05) is 6.08 Å². The molecule has 0 atom stereocenters. The molecular formula is C13H17F3N2O3. The largest absolute Gasteiger partial charge is 0.481 e. The molecule has 0 bridgehead atoms. The van der Waals surface area contributed by atoms with E-state index in [4.69, 9.17) is 5.11 Å². The zero-order chi connectivity index (χ0) is 15.6. The number of halogens is 3. The first-order valence-electron chi connectivity index (χ1n) is 6.82. The summed E-state index contributed by atoms with van der Waals surface area (Å²) in [5.74, 6) is -0.994. The van der Waals surface area contributed by atoms with Gasteiger partial charge in [0.15, 0.2) is 0 Å². The lowest BCUT2D eigenvalue weighted by molar-refractivity contribution is -0.137. The molecule has 0 aromatic carbocycles. The number of hydrogen-bond donors (Lipinski definition) is 1. The number of carbonyl (C=O) groups is 2. The third-order valence-electron chi connectivity index (χ3n) is 3.64. The molecule has 2 rings (SSSR count). The molecule has 21 heavy (non-hydrogen) atoms. The monoisotopic (exact) mass is 306 g/mol. The second-order valence-electron chi connectivity index (χ2n) is 5.27. The van der Waals surface area contributed by atoms with Crippen molar-refractivity contribution in [3.8, 4) is 0 Å². The SMILES string of the molecule is O=C(O)CCN(C(=O)N1CC=C(C(F)(F)F)CC1)C1CC1. The van der Waals surface area contributed by atoms with Gasteiger partial charge in [-0.3, -0.25) is 4.79 Å². The third-order valence-corrected chi connectivity index (χ3v) is 3.64. The summed E-state index contributed by atoms with van der Waals surface area (Å²) in [5, 5.41) is 8.69. The molecule has 0 unspecified atom stereocenters. The van der Waals surface area contributed by atoms with Crippen LogP contribution in [-0.4, -0.2) is 58.8 Å². The lowest BCUT2D eigenvalue weighted by Crippen LogP contribution is -2.47. The summed E-state index contributed by atoms with van der Waals surface area (Å²) >= 11 is 0. The Morgan fingerprint density at radius 3 is 2.48 bits per heavy atom. The van der Waals surface area contributed by atoms with E-state index in [0.717, 1.165) is 18.9 Å². The first-order chi connectivity index (χ1) is 9.79. The summed E-state index contributed by atoms with van der Waals surface area (Å²) < 4.78 is 37.6. The number of nitrogens with zero attached hydrogens (tertiary/aromatic N) is 2. The quantitative estimate of drug-likeness (QED) is 0.810. The number of amides is 2. The van der Waals surface area contributed by atoms with Gasteiger partial charge in [0.1, 0.15) is 0 Å². The van der Waals surface area contributed by atoms with E-state index in [9.17, 15) is 22.8 Å². The van der Waals surface area contributed by atoms with Gasteiger partial charge in [-0.2, -0.15) is 13.2 Å². The minimum Gasteiger partial charge on any atom is -0.481 e. The molecule has 2 aliphatic rings. The van der Waals surface area contributed by atoms with Crippen molar-refractivity contribution in [2.75, 3.05) is 19.6 Å². The summed E-state index contributed by atoms with van der Waals surface area (Å²) in [6.45, 7) is 0.0373. The molecule has 0 aromatic heterocycles. The molecular weight excluding hydrogens is 289 g/mol. The van der Waals surface area contributed by atoms with Gasteiger partial charge in [0.2, 0.25) is 0 Å². The Morgan fingerprint density at radius 2 is 2.05 bits per heavy atom. The van der Waals surface area contributed by atoms with Crippen molar-refractivity contribution in [2.24, 2.45) is 0 Å². The van der Waals surface area contributed by atoms with E-state index < -0.39 is 17.7 Å². The molecule has 8 heteroatoms. The van der Waals surface area contributed by atoms with Gasteiger partial charge < -0.3 is 14.9 Å². The minimum absolute atomic E-state index is 0.0144. The van der Waals surface area contributed by atoms with Crippen LogP contribution < -0.4 is 0 Å². The van der Waals surface area contributed by atoms with Crippen molar-refractivity contribution in [2.45, 2.75) is 37.9 Å². The number of urea groups is 1. The Kier molecular flexibility index (Phi) is 4.43. The highest BCUT2D eigenvalue weighted by Crippen LogP contribution is 2.32. The van der Waals surface area contributed by atoms with Gasteiger partial charge in [0.05, 0.1) is 6.42 Å². The molecule has 0 radical (unpaired) electrons. The normalized spacial score (nSPS) is 19.2. The zero-order valence-electron chi connectivity index (χ0n) is 11.4. The Bertz CT molecular complexity index is 458. The van der Waals surface area contributed by atoms with Crippen LogP contribution >= 0.6 is 0 Å². The Morgan fingerprint density at radius 1 is 1.38 bits per heavy atom. The highest BCUT2D eigenvalue weighted by molar-refractivity contribution is 5.76. The smallest absolute Gasteiger partial charge is 0.412 e. The standard InChI is InChI=1S/C13H17F3N2O3/c14-13(15,16)9-3-6-17(7-4-9)12(21)18(10-1-2-10)8-5-11(19)20/h3,10H,1-2,4-8H2,(H,19,20). The van der Waals surface area contributed by atoms with E-state index in [2.05, 4.69) is 0 Å². The lowest BCUT2D eigenvalue weighted by Gasteiger charge is -2.32. The molecule has 1 heterocycles. The molecule has 1 fully saturated rings. The molecule has 1 N–H and O–H groups in total. The number of hydrogen-bond acceptors (Lipinski definition) is 2. The van der Waals surface area contributed by atoms with Crippen molar-refractivity contribution in [3.63, 3.8) is 0 Å². The number of aliphatic carboxylic acids is 1. The highest BCUT2D eigenvalue weighted by Gasteiger charge is 2.38. The van der Waals surface area contributed by atoms with E-state index in [1.54, 1.807) is 0 Å². The van der Waals surface area contributed by atoms with Crippen LogP contribution in [0.5, 0.6) is 0 Å². The Balaban J connectivity index is 1.96. The fraction of sp³-hybridized carbons (Fsp3) is 0.692. The van der Waals surface area contributed by atoms with Crippen molar-refractivity contribution < 1.29 is 27.9 Å². The van der Waals surface area contributed by atoms with Crippen LogP contribution in [0.4, 0.5) is 18.0 Å². The fourth-order valence-electron chi connectivity index (χ4n) is 2.32. The first-order valence-corrected chi connectivity index (χ1v) is 6.82. The van der Waals surface area contributed by atoms with Crippen LogP contribution in [0, 0.1) is 0 Å². The maximum atomic E-state index is 12.5. The summed E-state index contributed by atoms with van der Waals surface area (Å²) in [7, 11) is 0. The average Bonchev–Trinajstić information content (AvgIpc) is 3.22. The molecule has 2 amide bonds. The van der Waals surface area contributed by atoms with Crippen molar-refractivity contribution in [3.05, 3.63) is 11.6 Å². The predicted octanol–water partition coefficient (Wildman–Crippen LogP) is 2.24. The number of carboxylic acids is 1. The maximum absolute atomic E-state index is 12.5. The van der Waals surface area contributed by atoms with E-state index in [1.165, 1.54) is 9.80 Å². The molecule has 1 aliphatic carbocycles. The summed E-state index contributed by atoms with van der Waals surface area (Å²) in [4.78, 5) is 25.7. The molecule has 118 valence electrons. The van der Waals surface area contributed by atoms with Crippen molar-refractivity contribution in [1.82, 2.24) is 9.80 Å². The number of alkyl halides is 3. The molecule has 0 saturated heterocycles. The highest BCUT2D eigenvalue weighted by atomic mass is 19.4. The van der Waals surface area contributed by atoms with Crippen LogP contribution in [0.1, 0.15) is 25.7 Å². The van der Waals surface area contributed by atoms with Crippen LogP contribution in [0.2, 0.25) is 0 Å². The Hall–Kier alpha value is -1.73. The lowest BCUT2D eigenvalue weighted by atomic mass is 10.1. The summed E-state index contributed by atoms with van der Waals surface area (Å²) in [6, 6.07) is -0.332. The minimum atomic E-state index is -4.34. The van der Waals surface area contributed by atoms with Crippen LogP contribution in [0.3, 0.4) is 0 Å². The number of carboxylic acid groups (broad SMARTS) is 1. The molecule has 1 aliphatic heterocycles. The third kappa shape index (κ3) is 4.12. The van der Waals surface area contributed by atoms with Crippen LogP contribution in [0.15, 0.2) is 11.6 Å². The van der Waals surface area contributed by atoms with Gasteiger partial charge >= 0.3 is 18.2 Å². The fourth-order valence-corrected chi connectivity index (χ4v) is 2.32. The van der Waals surface area contributed by atoms with E-state index >= 15 is 0 Å². The Labute approximate surface area is 120 Å². The molecule has 5 nitrogen and oxygen atoms in total. The number of rotatable bonds is 4. The second-order valence-corrected chi connectivity index (χ2v) is 5.27. The van der Waals surface area contributed by atoms with Crippen molar-refractivity contribution >= 4 is 12.0 Å². The molecule has 1 saturated carbocycles. The zero-order valence-corrected chi connectivity index (χ0v) is 11.4. The van der Waals surface area contributed by atoms with Gasteiger partial charge in [0, 0.05) is 31.2 Å². The topological polar surface area (TPSA) is 60.9 Å². The average molecular weight is 306 g/mol. The van der Waals surface area contributed by atoms with E-state index in [-0.39, 0.29) is 44.5 Å². The van der Waals surface area contributed by atoms with E-state index in [0.29, 0.717) is 0 Å². The van der Waals surface area contributed by atoms with E-state index in [1.807, 2.05) is 0 Å². The summed E-state index contributed by atoms with van der Waals surface area (Å²) in [6.07, 6.45) is -2.03. The summed E-state index contributed by atoms with van der Waals surface area (Å²) in [5.41, 5.74) is -0.602. The predicted molar refractivity (Wildman–Crippen MR) is 67.7 cm³/mol. The first kappa shape index (κ1) is 15.7. The second kappa shape index (κ2) is 5.95. The van der Waals surface area contributed by atoms with Gasteiger partial charge in [-0.25, -0.2) is 4.79 Å². The van der Waals surface area contributed by atoms with Crippen LogP contribution in [-0.2, 0) is 4.79 Å². The van der Waals surface area contributed by atoms with Crippen LogP contribution in [0.25, 0.3) is 0 Å². The van der Waals surface area contributed by atoms with Gasteiger partial charge in [0.25, 0.3) is 0 Å². The molecule has 0 aromatic rings.